The molecular weight excluding hydrogens is 358 g/mol. The third-order valence-corrected chi connectivity index (χ3v) is 4.42. The zero-order valence-corrected chi connectivity index (χ0v) is 14.2. The van der Waals surface area contributed by atoms with Gasteiger partial charge in [0.1, 0.15) is 5.82 Å². The van der Waals surface area contributed by atoms with Crippen molar-refractivity contribution in [1.82, 2.24) is 4.98 Å². The lowest BCUT2D eigenvalue weighted by atomic mass is 10.1. The molecular formula is C20H15F4N3. The first-order valence-corrected chi connectivity index (χ1v) is 8.22. The van der Waals surface area contributed by atoms with Crippen LogP contribution in [0.3, 0.4) is 0 Å². The lowest BCUT2D eigenvalue weighted by Gasteiger charge is -2.11. The zero-order chi connectivity index (χ0) is 19.2. The van der Waals surface area contributed by atoms with E-state index in [0.29, 0.717) is 22.4 Å². The Labute approximate surface area is 152 Å². The molecule has 3 N–H and O–H groups in total. The highest BCUT2D eigenvalue weighted by Crippen LogP contribution is 2.34. The van der Waals surface area contributed by atoms with Gasteiger partial charge in [-0.2, -0.15) is 13.2 Å². The van der Waals surface area contributed by atoms with Crippen molar-refractivity contribution >= 4 is 38.9 Å². The first kappa shape index (κ1) is 17.2. The highest BCUT2D eigenvalue weighted by molar-refractivity contribution is 6.12. The molecule has 0 saturated heterocycles. The van der Waals surface area contributed by atoms with Crippen LogP contribution in [0.5, 0.6) is 0 Å². The van der Waals surface area contributed by atoms with Crippen LogP contribution in [0.1, 0.15) is 5.56 Å². The smallest absolute Gasteiger partial charge is 0.386 e. The number of anilines is 3. The molecule has 3 aromatic carbocycles. The second-order valence-corrected chi connectivity index (χ2v) is 6.21. The fraction of sp³-hybridized carbons (Fsp3) is 0.100. The van der Waals surface area contributed by atoms with Crippen LogP contribution in [-0.4, -0.2) is 12.0 Å². The lowest BCUT2D eigenvalue weighted by molar-refractivity contribution is -0.137. The van der Waals surface area contributed by atoms with Gasteiger partial charge in [0.25, 0.3) is 0 Å². The van der Waals surface area contributed by atoms with Crippen LogP contribution in [0.2, 0.25) is 0 Å². The molecule has 1 aromatic heterocycles. The Bertz CT molecular complexity index is 1150. The number of hydrogen-bond acceptors (Lipinski definition) is 2. The first-order valence-electron chi connectivity index (χ1n) is 8.22. The third-order valence-electron chi connectivity index (χ3n) is 4.42. The van der Waals surface area contributed by atoms with Crippen molar-refractivity contribution in [3.63, 3.8) is 0 Å². The quantitative estimate of drug-likeness (QED) is 0.371. The summed E-state index contributed by atoms with van der Waals surface area (Å²) in [6.45, 7) is 0. The fourth-order valence-electron chi connectivity index (χ4n) is 3.18. The molecule has 0 unspecified atom stereocenters. The van der Waals surface area contributed by atoms with Crippen molar-refractivity contribution in [3.05, 3.63) is 66.0 Å². The second-order valence-electron chi connectivity index (χ2n) is 6.21. The Morgan fingerprint density at radius 3 is 2.41 bits per heavy atom. The van der Waals surface area contributed by atoms with Gasteiger partial charge in [0.15, 0.2) is 0 Å². The Hall–Kier alpha value is -3.22. The zero-order valence-electron chi connectivity index (χ0n) is 14.2. The number of aromatic amines is 1. The molecule has 4 aromatic rings. The molecule has 0 radical (unpaired) electrons. The summed E-state index contributed by atoms with van der Waals surface area (Å²) in [5.41, 5.74) is 2.42. The van der Waals surface area contributed by atoms with E-state index in [9.17, 15) is 17.6 Å². The van der Waals surface area contributed by atoms with Gasteiger partial charge in [-0.25, -0.2) is 4.39 Å². The maximum absolute atomic E-state index is 13.9. The van der Waals surface area contributed by atoms with Crippen LogP contribution in [0.4, 0.5) is 34.6 Å². The van der Waals surface area contributed by atoms with Gasteiger partial charge in [0, 0.05) is 34.7 Å². The van der Waals surface area contributed by atoms with E-state index in [-0.39, 0.29) is 5.82 Å². The fourth-order valence-corrected chi connectivity index (χ4v) is 3.18. The summed E-state index contributed by atoms with van der Waals surface area (Å²) >= 11 is 0. The molecule has 0 amide bonds. The van der Waals surface area contributed by atoms with Gasteiger partial charge in [-0.1, -0.05) is 6.07 Å². The number of aromatic nitrogens is 1. The van der Waals surface area contributed by atoms with Crippen molar-refractivity contribution in [3.8, 4) is 0 Å². The van der Waals surface area contributed by atoms with E-state index in [1.807, 2.05) is 6.07 Å². The summed E-state index contributed by atoms with van der Waals surface area (Å²) in [4.78, 5) is 3.24. The van der Waals surface area contributed by atoms with E-state index >= 15 is 0 Å². The summed E-state index contributed by atoms with van der Waals surface area (Å²) in [5, 5.41) is 7.41. The molecule has 4 rings (SSSR count). The van der Waals surface area contributed by atoms with Crippen molar-refractivity contribution in [2.24, 2.45) is 0 Å². The molecule has 1 heterocycles. The maximum atomic E-state index is 13.9. The van der Waals surface area contributed by atoms with Gasteiger partial charge in [-0.3, -0.25) is 0 Å². The number of rotatable bonds is 3. The second kappa shape index (κ2) is 6.19. The average molecular weight is 373 g/mol. The predicted octanol–water partition coefficient (Wildman–Crippen LogP) is 6.26. The highest BCUT2D eigenvalue weighted by atomic mass is 19.4. The summed E-state index contributed by atoms with van der Waals surface area (Å²) in [7, 11) is 1.71. The maximum Gasteiger partial charge on any atom is 0.416 e. The molecule has 7 heteroatoms. The number of hydrogen-bond donors (Lipinski definition) is 3. The number of fused-ring (bicyclic) bond motifs is 3. The number of halogens is 4. The van der Waals surface area contributed by atoms with Crippen LogP contribution in [-0.2, 0) is 6.18 Å². The summed E-state index contributed by atoms with van der Waals surface area (Å²) in [5.74, 6) is -0.371. The summed E-state index contributed by atoms with van der Waals surface area (Å²) < 4.78 is 52.6. The van der Waals surface area contributed by atoms with E-state index < -0.39 is 11.7 Å². The standard InChI is InChI=1S/C20H15F4N3/c1-25-18-9-12(21)8-16-15-10-14(5-6-17(15)27-19(16)18)26-13-4-2-3-11(7-13)20(22,23)24/h2-10,25-27H,1H3. The largest absolute Gasteiger partial charge is 0.416 e. The van der Waals surface area contributed by atoms with E-state index in [2.05, 4.69) is 15.6 Å². The topological polar surface area (TPSA) is 39.9 Å². The van der Waals surface area contributed by atoms with Crippen molar-refractivity contribution < 1.29 is 17.6 Å². The molecule has 0 atom stereocenters. The number of nitrogens with one attached hydrogen (secondary N) is 3. The Morgan fingerprint density at radius 1 is 0.889 bits per heavy atom. The minimum Gasteiger partial charge on any atom is -0.386 e. The van der Waals surface area contributed by atoms with Crippen LogP contribution < -0.4 is 10.6 Å². The van der Waals surface area contributed by atoms with Gasteiger partial charge < -0.3 is 15.6 Å². The van der Waals surface area contributed by atoms with Crippen LogP contribution in [0.25, 0.3) is 21.8 Å². The Kier molecular flexibility index (Phi) is 3.95. The van der Waals surface area contributed by atoms with Gasteiger partial charge in [0.05, 0.1) is 16.8 Å². The SMILES string of the molecule is CNc1cc(F)cc2c1[nH]c1ccc(Nc3cccc(C(F)(F)F)c3)cc12. The van der Waals surface area contributed by atoms with E-state index in [4.69, 9.17) is 0 Å². The van der Waals surface area contributed by atoms with Gasteiger partial charge in [-0.05, 0) is 48.5 Å². The summed E-state index contributed by atoms with van der Waals surface area (Å²) in [6, 6.07) is 13.2. The minimum absolute atomic E-state index is 0.325. The van der Waals surface area contributed by atoms with Crippen LogP contribution >= 0.6 is 0 Å². The highest BCUT2D eigenvalue weighted by Gasteiger charge is 2.30. The first-order chi connectivity index (χ1) is 12.8. The molecule has 3 nitrogen and oxygen atoms in total. The molecule has 0 bridgehead atoms. The Balaban J connectivity index is 1.78. The minimum atomic E-state index is -4.40. The number of benzene rings is 3. The molecule has 0 aliphatic carbocycles. The average Bonchev–Trinajstić information content (AvgIpc) is 2.98. The van der Waals surface area contributed by atoms with Crippen molar-refractivity contribution in [2.45, 2.75) is 6.18 Å². The Morgan fingerprint density at radius 2 is 1.67 bits per heavy atom. The van der Waals surface area contributed by atoms with Crippen LogP contribution in [0, 0.1) is 5.82 Å². The molecule has 0 aliphatic heterocycles. The van der Waals surface area contributed by atoms with E-state index in [1.165, 1.54) is 18.2 Å². The van der Waals surface area contributed by atoms with E-state index in [0.717, 1.165) is 28.6 Å². The molecule has 0 spiro atoms. The van der Waals surface area contributed by atoms with Crippen molar-refractivity contribution in [1.29, 1.82) is 0 Å². The van der Waals surface area contributed by atoms with Crippen LogP contribution in [0.15, 0.2) is 54.6 Å². The molecule has 27 heavy (non-hydrogen) atoms. The molecule has 0 fully saturated rings. The van der Waals surface area contributed by atoms with Gasteiger partial charge in [0.2, 0.25) is 0 Å². The number of alkyl halides is 3. The molecule has 0 aliphatic rings. The third kappa shape index (κ3) is 3.16. The molecule has 138 valence electrons. The predicted molar refractivity (Wildman–Crippen MR) is 100 cm³/mol. The summed E-state index contributed by atoms with van der Waals surface area (Å²) in [6.07, 6.45) is -4.40. The molecule has 0 saturated carbocycles. The van der Waals surface area contributed by atoms with Gasteiger partial charge in [-0.15, -0.1) is 0 Å². The lowest BCUT2D eigenvalue weighted by Crippen LogP contribution is -2.05. The monoisotopic (exact) mass is 373 g/mol. The van der Waals surface area contributed by atoms with Crippen molar-refractivity contribution in [2.75, 3.05) is 17.7 Å². The normalized spacial score (nSPS) is 11.9. The van der Waals surface area contributed by atoms with Gasteiger partial charge >= 0.3 is 6.18 Å². The van der Waals surface area contributed by atoms with E-state index in [1.54, 1.807) is 25.2 Å². The number of H-pyrrole nitrogens is 1.